The summed E-state index contributed by atoms with van der Waals surface area (Å²) in [5, 5.41) is 4.14. The molecule has 2 aromatic carbocycles. The zero-order valence-electron chi connectivity index (χ0n) is 16.6. The van der Waals surface area contributed by atoms with Gasteiger partial charge in [0.15, 0.2) is 0 Å². The minimum absolute atomic E-state index is 0.0327. The van der Waals surface area contributed by atoms with Crippen LogP contribution in [0.3, 0.4) is 0 Å². The Labute approximate surface area is 170 Å². The van der Waals surface area contributed by atoms with E-state index in [1.165, 1.54) is 0 Å². The molecule has 150 valence electrons. The Hall–Kier alpha value is -2.99. The van der Waals surface area contributed by atoms with Crippen LogP contribution in [0.15, 0.2) is 59.1 Å². The smallest absolute Gasteiger partial charge is 0.248 e. The highest BCUT2D eigenvalue weighted by Gasteiger charge is 2.27. The Kier molecular flexibility index (Phi) is 6.00. The second-order valence-corrected chi connectivity index (χ2v) is 7.46. The van der Waals surface area contributed by atoms with Gasteiger partial charge in [-0.05, 0) is 31.4 Å². The number of ether oxygens (including phenoxy) is 1. The first kappa shape index (κ1) is 19.3. The van der Waals surface area contributed by atoms with Crippen LogP contribution < -0.4 is 0 Å². The van der Waals surface area contributed by atoms with Gasteiger partial charge in [0.2, 0.25) is 17.6 Å². The number of rotatable bonds is 6. The van der Waals surface area contributed by atoms with E-state index in [9.17, 15) is 4.79 Å². The summed E-state index contributed by atoms with van der Waals surface area (Å²) < 4.78 is 11.1. The summed E-state index contributed by atoms with van der Waals surface area (Å²) in [6, 6.07) is 17.9. The van der Waals surface area contributed by atoms with Gasteiger partial charge in [-0.3, -0.25) is 4.79 Å². The molecule has 6 nitrogen and oxygen atoms in total. The first-order valence-corrected chi connectivity index (χ1v) is 9.99. The first-order valence-electron chi connectivity index (χ1n) is 9.99. The SMILES string of the molecule is Cc1cccc(-c2noc(C3CCN(C(=O)COCc4ccccc4)CC3)n2)c1. The zero-order valence-corrected chi connectivity index (χ0v) is 16.6. The van der Waals surface area contributed by atoms with Gasteiger partial charge in [0.05, 0.1) is 6.61 Å². The summed E-state index contributed by atoms with van der Waals surface area (Å²) in [6.45, 7) is 3.96. The first-order chi connectivity index (χ1) is 14.2. The highest BCUT2D eigenvalue weighted by molar-refractivity contribution is 5.77. The summed E-state index contributed by atoms with van der Waals surface area (Å²) in [6.07, 6.45) is 1.64. The standard InChI is InChI=1S/C23H25N3O3/c1-17-6-5-9-20(14-17)22-24-23(29-25-22)19-10-12-26(13-11-19)21(27)16-28-15-18-7-3-2-4-8-18/h2-9,14,19H,10-13,15-16H2,1H3. The van der Waals surface area contributed by atoms with E-state index in [0.717, 1.165) is 29.5 Å². The van der Waals surface area contributed by atoms with E-state index in [4.69, 9.17) is 9.26 Å². The van der Waals surface area contributed by atoms with Gasteiger partial charge in [-0.25, -0.2) is 0 Å². The Bertz CT molecular complexity index is 947. The number of benzene rings is 2. The van der Waals surface area contributed by atoms with Crippen molar-refractivity contribution < 1.29 is 14.1 Å². The fourth-order valence-electron chi connectivity index (χ4n) is 3.60. The Balaban J connectivity index is 1.26. The highest BCUT2D eigenvalue weighted by Crippen LogP contribution is 2.28. The van der Waals surface area contributed by atoms with Gasteiger partial charge in [-0.15, -0.1) is 0 Å². The average molecular weight is 391 g/mol. The van der Waals surface area contributed by atoms with E-state index >= 15 is 0 Å². The molecular weight excluding hydrogens is 366 g/mol. The molecule has 29 heavy (non-hydrogen) atoms. The van der Waals surface area contributed by atoms with E-state index in [-0.39, 0.29) is 18.4 Å². The van der Waals surface area contributed by atoms with Crippen LogP contribution in [0.4, 0.5) is 0 Å². The topological polar surface area (TPSA) is 68.5 Å². The number of hydrogen-bond acceptors (Lipinski definition) is 5. The molecule has 0 bridgehead atoms. The van der Waals surface area contributed by atoms with E-state index in [2.05, 4.69) is 10.1 Å². The molecular formula is C23H25N3O3. The molecule has 1 fully saturated rings. The van der Waals surface area contributed by atoms with Crippen molar-refractivity contribution in [2.45, 2.75) is 32.3 Å². The van der Waals surface area contributed by atoms with Crippen LogP contribution in [-0.2, 0) is 16.1 Å². The maximum absolute atomic E-state index is 12.4. The largest absolute Gasteiger partial charge is 0.367 e. The predicted molar refractivity (Wildman–Crippen MR) is 109 cm³/mol. The summed E-state index contributed by atoms with van der Waals surface area (Å²) in [4.78, 5) is 18.9. The van der Waals surface area contributed by atoms with Gasteiger partial charge < -0.3 is 14.2 Å². The highest BCUT2D eigenvalue weighted by atomic mass is 16.5. The fourth-order valence-corrected chi connectivity index (χ4v) is 3.60. The number of carbonyl (C=O) groups is 1. The molecule has 1 aliphatic rings. The van der Waals surface area contributed by atoms with E-state index in [1.54, 1.807) is 0 Å². The van der Waals surface area contributed by atoms with Crippen LogP contribution >= 0.6 is 0 Å². The lowest BCUT2D eigenvalue weighted by molar-refractivity contribution is -0.137. The van der Waals surface area contributed by atoms with Crippen molar-refractivity contribution in [2.24, 2.45) is 0 Å². The number of hydrogen-bond donors (Lipinski definition) is 0. The Morgan fingerprint density at radius 3 is 2.69 bits per heavy atom. The zero-order chi connectivity index (χ0) is 20.1. The lowest BCUT2D eigenvalue weighted by Crippen LogP contribution is -2.40. The van der Waals surface area contributed by atoms with Gasteiger partial charge in [-0.2, -0.15) is 4.98 Å². The number of aromatic nitrogens is 2. The second kappa shape index (κ2) is 9.01. The number of likely N-dealkylation sites (tertiary alicyclic amines) is 1. The van der Waals surface area contributed by atoms with Crippen molar-refractivity contribution in [3.8, 4) is 11.4 Å². The average Bonchev–Trinajstić information content (AvgIpc) is 3.25. The van der Waals surface area contributed by atoms with Crippen LogP contribution in [0, 0.1) is 6.92 Å². The van der Waals surface area contributed by atoms with E-state index < -0.39 is 0 Å². The van der Waals surface area contributed by atoms with Gasteiger partial charge in [0, 0.05) is 24.6 Å². The maximum atomic E-state index is 12.4. The molecule has 1 amide bonds. The summed E-state index contributed by atoms with van der Waals surface area (Å²) in [7, 11) is 0. The Morgan fingerprint density at radius 1 is 1.14 bits per heavy atom. The number of carbonyl (C=O) groups excluding carboxylic acids is 1. The fraction of sp³-hybridized carbons (Fsp3) is 0.348. The molecule has 6 heteroatoms. The molecule has 3 aromatic rings. The summed E-state index contributed by atoms with van der Waals surface area (Å²) >= 11 is 0. The molecule has 0 atom stereocenters. The van der Waals surface area contributed by atoms with Crippen molar-refractivity contribution in [2.75, 3.05) is 19.7 Å². The number of nitrogens with zero attached hydrogens (tertiary/aromatic N) is 3. The number of amides is 1. The van der Waals surface area contributed by atoms with Crippen LogP contribution in [0.2, 0.25) is 0 Å². The summed E-state index contributed by atoms with van der Waals surface area (Å²) in [5.41, 5.74) is 3.19. The van der Waals surface area contributed by atoms with Crippen LogP contribution in [0.5, 0.6) is 0 Å². The van der Waals surface area contributed by atoms with Crippen LogP contribution in [0.25, 0.3) is 11.4 Å². The third-order valence-corrected chi connectivity index (χ3v) is 5.25. The molecule has 0 radical (unpaired) electrons. The second-order valence-electron chi connectivity index (χ2n) is 7.46. The van der Waals surface area contributed by atoms with Crippen molar-refractivity contribution >= 4 is 5.91 Å². The molecule has 1 aliphatic heterocycles. The molecule has 1 saturated heterocycles. The van der Waals surface area contributed by atoms with E-state index in [0.29, 0.717) is 31.4 Å². The third-order valence-electron chi connectivity index (χ3n) is 5.25. The monoisotopic (exact) mass is 391 g/mol. The molecule has 0 saturated carbocycles. The minimum Gasteiger partial charge on any atom is -0.367 e. The van der Waals surface area contributed by atoms with Gasteiger partial charge in [0.25, 0.3) is 0 Å². The maximum Gasteiger partial charge on any atom is 0.248 e. The molecule has 0 aliphatic carbocycles. The van der Waals surface area contributed by atoms with Gasteiger partial charge in [0.1, 0.15) is 6.61 Å². The number of aryl methyl sites for hydroxylation is 1. The van der Waals surface area contributed by atoms with Crippen molar-refractivity contribution in [1.29, 1.82) is 0 Å². The molecule has 0 unspecified atom stereocenters. The van der Waals surface area contributed by atoms with Crippen molar-refractivity contribution in [3.05, 3.63) is 71.6 Å². The van der Waals surface area contributed by atoms with Crippen LogP contribution in [0.1, 0.15) is 35.8 Å². The van der Waals surface area contributed by atoms with Crippen molar-refractivity contribution in [3.63, 3.8) is 0 Å². The van der Waals surface area contributed by atoms with Gasteiger partial charge >= 0.3 is 0 Å². The lowest BCUT2D eigenvalue weighted by atomic mass is 9.96. The summed E-state index contributed by atoms with van der Waals surface area (Å²) in [5.74, 6) is 1.51. The quantitative estimate of drug-likeness (QED) is 0.636. The molecule has 0 N–H and O–H groups in total. The molecule has 0 spiro atoms. The van der Waals surface area contributed by atoms with Gasteiger partial charge in [-0.1, -0.05) is 59.3 Å². The minimum atomic E-state index is 0.0327. The normalized spacial score (nSPS) is 14.9. The van der Waals surface area contributed by atoms with Crippen molar-refractivity contribution in [1.82, 2.24) is 15.0 Å². The third kappa shape index (κ3) is 4.90. The van der Waals surface area contributed by atoms with E-state index in [1.807, 2.05) is 66.4 Å². The lowest BCUT2D eigenvalue weighted by Gasteiger charge is -2.30. The number of piperidine rings is 1. The predicted octanol–water partition coefficient (Wildman–Crippen LogP) is 3.97. The Morgan fingerprint density at radius 2 is 1.93 bits per heavy atom. The molecule has 2 heterocycles. The van der Waals surface area contributed by atoms with Crippen LogP contribution in [-0.4, -0.2) is 40.6 Å². The molecule has 1 aromatic heterocycles. The molecule has 4 rings (SSSR count).